The molecule has 2 N–H and O–H groups in total. The molecule has 0 bridgehead atoms. The predicted octanol–water partition coefficient (Wildman–Crippen LogP) is 2.91. The van der Waals surface area contributed by atoms with Gasteiger partial charge in [0.05, 0.1) is 0 Å². The first kappa shape index (κ1) is 15.6. The summed E-state index contributed by atoms with van der Waals surface area (Å²) < 4.78 is 0. The topological polar surface area (TPSA) is 36.4 Å². The monoisotopic (exact) mass is 385 g/mol. The van der Waals surface area contributed by atoms with Crippen LogP contribution >= 0.6 is 24.0 Å². The molecule has 0 heterocycles. The maximum absolute atomic E-state index is 4.31. The first-order chi connectivity index (χ1) is 9.32. The van der Waals surface area contributed by atoms with Crippen LogP contribution in [0.2, 0.25) is 0 Å². The molecule has 0 aliphatic heterocycles. The van der Waals surface area contributed by atoms with Crippen LogP contribution in [0.4, 0.5) is 0 Å². The Balaban J connectivity index is 0.00000147. The summed E-state index contributed by atoms with van der Waals surface area (Å²) in [5.74, 6) is 1.83. The largest absolute Gasteiger partial charge is 0.356 e. The van der Waals surface area contributed by atoms with E-state index in [1.807, 2.05) is 7.05 Å². The molecule has 0 unspecified atom stereocenters. The molecule has 0 atom stereocenters. The number of benzene rings is 1. The van der Waals surface area contributed by atoms with Crippen LogP contribution in [0.15, 0.2) is 35.3 Å². The molecule has 20 heavy (non-hydrogen) atoms. The second-order valence-electron chi connectivity index (χ2n) is 5.90. The lowest BCUT2D eigenvalue weighted by Crippen LogP contribution is -2.41. The van der Waals surface area contributed by atoms with E-state index in [4.69, 9.17) is 0 Å². The van der Waals surface area contributed by atoms with Gasteiger partial charge in [-0.15, -0.1) is 24.0 Å². The highest BCUT2D eigenvalue weighted by molar-refractivity contribution is 14.0. The predicted molar refractivity (Wildman–Crippen MR) is 94.9 cm³/mol. The molecule has 2 aliphatic carbocycles. The second-order valence-corrected chi connectivity index (χ2v) is 5.90. The van der Waals surface area contributed by atoms with Crippen LogP contribution in [0, 0.1) is 5.92 Å². The fourth-order valence-corrected chi connectivity index (χ4v) is 2.55. The van der Waals surface area contributed by atoms with E-state index in [-0.39, 0.29) is 24.0 Å². The maximum Gasteiger partial charge on any atom is 0.191 e. The van der Waals surface area contributed by atoms with Gasteiger partial charge in [-0.3, -0.25) is 4.99 Å². The van der Waals surface area contributed by atoms with Crippen molar-refractivity contribution in [3.8, 4) is 0 Å². The average molecular weight is 385 g/mol. The van der Waals surface area contributed by atoms with Crippen LogP contribution in [0.1, 0.15) is 31.2 Å². The van der Waals surface area contributed by atoms with E-state index in [0.717, 1.165) is 25.0 Å². The van der Waals surface area contributed by atoms with Crippen molar-refractivity contribution in [2.75, 3.05) is 20.1 Å². The Morgan fingerprint density at radius 2 is 1.90 bits per heavy atom. The van der Waals surface area contributed by atoms with Crippen LogP contribution in [-0.4, -0.2) is 26.1 Å². The molecule has 0 aromatic heterocycles. The number of rotatable bonds is 5. The standard InChI is InChI=1S/C16H23N3.HI/c1-17-15(18-11-13-7-8-13)19-12-16(9-10-16)14-5-3-2-4-6-14;/h2-6,13H,7-12H2,1H3,(H2,17,18,19);1H. The Labute approximate surface area is 138 Å². The summed E-state index contributed by atoms with van der Waals surface area (Å²) in [6, 6.07) is 10.8. The van der Waals surface area contributed by atoms with Gasteiger partial charge in [-0.2, -0.15) is 0 Å². The quantitative estimate of drug-likeness (QED) is 0.465. The highest BCUT2D eigenvalue weighted by Crippen LogP contribution is 2.47. The van der Waals surface area contributed by atoms with Gasteiger partial charge >= 0.3 is 0 Å². The number of nitrogens with zero attached hydrogens (tertiary/aromatic N) is 1. The molecule has 0 saturated heterocycles. The first-order valence-electron chi connectivity index (χ1n) is 7.32. The number of halogens is 1. The number of hydrogen-bond acceptors (Lipinski definition) is 1. The lowest BCUT2D eigenvalue weighted by molar-refractivity contribution is 0.640. The normalized spacial score (nSPS) is 19.9. The van der Waals surface area contributed by atoms with Crippen LogP contribution in [0.25, 0.3) is 0 Å². The summed E-state index contributed by atoms with van der Waals surface area (Å²) in [5, 5.41) is 6.91. The van der Waals surface area contributed by atoms with Gasteiger partial charge in [-0.1, -0.05) is 30.3 Å². The average Bonchev–Trinajstić information content (AvgIpc) is 3.35. The molecular weight excluding hydrogens is 361 g/mol. The number of nitrogens with one attached hydrogen (secondary N) is 2. The fraction of sp³-hybridized carbons (Fsp3) is 0.562. The van der Waals surface area contributed by atoms with Crippen LogP contribution in [0.5, 0.6) is 0 Å². The molecule has 4 heteroatoms. The van der Waals surface area contributed by atoms with Gasteiger partial charge < -0.3 is 10.6 Å². The van der Waals surface area contributed by atoms with E-state index >= 15 is 0 Å². The van der Waals surface area contributed by atoms with Gasteiger partial charge in [-0.05, 0) is 37.2 Å². The molecule has 0 amide bonds. The molecule has 3 nitrogen and oxygen atoms in total. The van der Waals surface area contributed by atoms with Crippen molar-refractivity contribution in [1.29, 1.82) is 0 Å². The Kier molecular flexibility index (Phi) is 5.29. The Hall–Kier alpha value is -0.780. The zero-order valence-corrected chi connectivity index (χ0v) is 14.4. The number of hydrogen-bond donors (Lipinski definition) is 2. The third kappa shape index (κ3) is 3.87. The molecule has 1 aromatic carbocycles. The SMILES string of the molecule is CN=C(NCC1CC1)NCC1(c2ccccc2)CC1.I. The van der Waals surface area contributed by atoms with E-state index in [2.05, 4.69) is 46.0 Å². The third-order valence-electron chi connectivity index (χ3n) is 4.31. The maximum atomic E-state index is 4.31. The Morgan fingerprint density at radius 3 is 2.45 bits per heavy atom. The van der Waals surface area contributed by atoms with Crippen molar-refractivity contribution >= 4 is 29.9 Å². The molecule has 2 saturated carbocycles. The first-order valence-corrected chi connectivity index (χ1v) is 7.32. The molecule has 1 aromatic rings. The molecule has 110 valence electrons. The number of guanidine groups is 1. The summed E-state index contributed by atoms with van der Waals surface area (Å²) >= 11 is 0. The van der Waals surface area contributed by atoms with Crippen molar-refractivity contribution in [3.63, 3.8) is 0 Å². The summed E-state index contributed by atoms with van der Waals surface area (Å²) in [4.78, 5) is 4.31. The van der Waals surface area contributed by atoms with Crippen LogP contribution in [-0.2, 0) is 5.41 Å². The number of aliphatic imine (C=N–C) groups is 1. The van der Waals surface area contributed by atoms with E-state index in [1.54, 1.807) is 0 Å². The minimum absolute atomic E-state index is 0. The van der Waals surface area contributed by atoms with Gasteiger partial charge in [0.2, 0.25) is 0 Å². The summed E-state index contributed by atoms with van der Waals surface area (Å²) in [6.07, 6.45) is 5.31. The zero-order valence-electron chi connectivity index (χ0n) is 12.1. The van der Waals surface area contributed by atoms with Crippen molar-refractivity contribution in [2.24, 2.45) is 10.9 Å². The van der Waals surface area contributed by atoms with Crippen molar-refractivity contribution < 1.29 is 0 Å². The Bertz CT molecular complexity index is 450. The smallest absolute Gasteiger partial charge is 0.191 e. The molecule has 2 aliphatic rings. The van der Waals surface area contributed by atoms with Crippen LogP contribution < -0.4 is 10.6 Å². The van der Waals surface area contributed by atoms with E-state index in [9.17, 15) is 0 Å². The zero-order chi connectivity index (χ0) is 13.1. The summed E-state index contributed by atoms with van der Waals surface area (Å²) in [7, 11) is 1.85. The fourth-order valence-electron chi connectivity index (χ4n) is 2.55. The highest BCUT2D eigenvalue weighted by Gasteiger charge is 2.44. The van der Waals surface area contributed by atoms with Crippen LogP contribution in [0.3, 0.4) is 0 Å². The highest BCUT2D eigenvalue weighted by atomic mass is 127. The van der Waals surface area contributed by atoms with E-state index in [0.29, 0.717) is 5.41 Å². The van der Waals surface area contributed by atoms with Crippen molar-refractivity contribution in [2.45, 2.75) is 31.1 Å². The van der Waals surface area contributed by atoms with E-state index in [1.165, 1.54) is 31.2 Å². The minimum Gasteiger partial charge on any atom is -0.356 e. The van der Waals surface area contributed by atoms with Gasteiger partial charge in [0.25, 0.3) is 0 Å². The molecule has 3 rings (SSSR count). The van der Waals surface area contributed by atoms with Gasteiger partial charge in [0.1, 0.15) is 0 Å². The summed E-state index contributed by atoms with van der Waals surface area (Å²) in [5.41, 5.74) is 1.80. The van der Waals surface area contributed by atoms with Crippen molar-refractivity contribution in [1.82, 2.24) is 10.6 Å². The van der Waals surface area contributed by atoms with Crippen molar-refractivity contribution in [3.05, 3.63) is 35.9 Å². The molecular formula is C16H24IN3. The molecule has 0 spiro atoms. The third-order valence-corrected chi connectivity index (χ3v) is 4.31. The van der Waals surface area contributed by atoms with Gasteiger partial charge in [0, 0.05) is 25.6 Å². The molecule has 2 fully saturated rings. The minimum atomic E-state index is 0. The lowest BCUT2D eigenvalue weighted by Gasteiger charge is -2.19. The van der Waals surface area contributed by atoms with E-state index < -0.39 is 0 Å². The van der Waals surface area contributed by atoms with Gasteiger partial charge in [0.15, 0.2) is 5.96 Å². The lowest BCUT2D eigenvalue weighted by atomic mass is 9.96. The second kappa shape index (κ2) is 6.78. The Morgan fingerprint density at radius 1 is 1.20 bits per heavy atom. The summed E-state index contributed by atoms with van der Waals surface area (Å²) in [6.45, 7) is 2.05. The van der Waals surface area contributed by atoms with Gasteiger partial charge in [-0.25, -0.2) is 0 Å². The molecule has 0 radical (unpaired) electrons.